The number of nitrogens with one attached hydrogen (secondary N) is 1. The lowest BCUT2D eigenvalue weighted by Gasteiger charge is -2.06. The Labute approximate surface area is 119 Å². The van der Waals surface area contributed by atoms with Crippen LogP contribution in [0, 0.1) is 6.92 Å². The number of imidazole rings is 1. The summed E-state index contributed by atoms with van der Waals surface area (Å²) in [4.78, 5) is 15.8. The molecule has 0 saturated heterocycles. The smallest absolute Gasteiger partial charge is 0.193 e. The van der Waals surface area contributed by atoms with E-state index in [0.717, 1.165) is 16.2 Å². The average molecular weight is 287 g/mol. The first-order chi connectivity index (χ1) is 9.67. The van der Waals surface area contributed by atoms with E-state index in [1.54, 1.807) is 7.11 Å². The summed E-state index contributed by atoms with van der Waals surface area (Å²) in [5.41, 5.74) is 8.85. The molecule has 0 unspecified atom stereocenters. The van der Waals surface area contributed by atoms with Crippen LogP contribution in [0.4, 0.5) is 5.82 Å². The van der Waals surface area contributed by atoms with Crippen molar-refractivity contribution in [3.8, 4) is 5.75 Å². The lowest BCUT2D eigenvalue weighted by Crippen LogP contribution is -1.99. The summed E-state index contributed by atoms with van der Waals surface area (Å²) in [5, 5.41) is 1.37. The van der Waals surface area contributed by atoms with E-state index >= 15 is 0 Å². The molecule has 0 atom stereocenters. The Morgan fingerprint density at radius 3 is 2.95 bits per heavy atom. The van der Waals surface area contributed by atoms with Gasteiger partial charge in [-0.25, -0.2) is 15.0 Å². The van der Waals surface area contributed by atoms with Gasteiger partial charge in [-0.15, -0.1) is 0 Å². The molecule has 0 spiro atoms. The van der Waals surface area contributed by atoms with Crippen molar-refractivity contribution in [2.24, 2.45) is 0 Å². The van der Waals surface area contributed by atoms with Gasteiger partial charge in [0.05, 0.1) is 18.1 Å². The molecular weight excluding hydrogens is 274 g/mol. The third-order valence-electron chi connectivity index (χ3n) is 2.81. The topological polar surface area (TPSA) is 89.7 Å². The summed E-state index contributed by atoms with van der Waals surface area (Å²) in [5.74, 6) is 0.783. The third-order valence-corrected chi connectivity index (χ3v) is 3.68. The number of aromatic amines is 1. The standard InChI is InChI=1S/C13H13N5OS/c1-7-3-4-8-9(5-7)18-13(17-8)20-12-10(19-2)11(14)15-6-16-12/h3-6H,1-2H3,(H,17,18)(H2,14,15,16). The number of nitrogen functional groups attached to an aromatic ring is 1. The Balaban J connectivity index is 1.99. The van der Waals surface area contributed by atoms with Crippen molar-refractivity contribution in [1.82, 2.24) is 19.9 Å². The van der Waals surface area contributed by atoms with Crippen molar-refractivity contribution in [2.45, 2.75) is 17.1 Å². The lowest BCUT2D eigenvalue weighted by atomic mass is 10.2. The number of fused-ring (bicyclic) bond motifs is 1. The van der Waals surface area contributed by atoms with Crippen LogP contribution < -0.4 is 10.5 Å². The van der Waals surface area contributed by atoms with Gasteiger partial charge in [-0.1, -0.05) is 6.07 Å². The van der Waals surface area contributed by atoms with Gasteiger partial charge in [0.1, 0.15) is 6.33 Å². The largest absolute Gasteiger partial charge is 0.490 e. The molecule has 0 radical (unpaired) electrons. The van der Waals surface area contributed by atoms with Gasteiger partial charge in [-0.05, 0) is 36.4 Å². The normalized spacial score (nSPS) is 10.9. The number of hydrogen-bond donors (Lipinski definition) is 2. The monoisotopic (exact) mass is 287 g/mol. The number of methoxy groups -OCH3 is 1. The van der Waals surface area contributed by atoms with Crippen LogP contribution in [0.2, 0.25) is 0 Å². The molecule has 0 fully saturated rings. The summed E-state index contributed by atoms with van der Waals surface area (Å²) in [6.45, 7) is 2.04. The van der Waals surface area contributed by atoms with Gasteiger partial charge in [-0.3, -0.25) is 0 Å². The molecule has 2 heterocycles. The first-order valence-corrected chi connectivity index (χ1v) is 6.77. The maximum absolute atomic E-state index is 5.76. The van der Waals surface area contributed by atoms with Crippen LogP contribution >= 0.6 is 11.8 Å². The van der Waals surface area contributed by atoms with Crippen molar-refractivity contribution in [3.05, 3.63) is 30.1 Å². The van der Waals surface area contributed by atoms with Crippen LogP contribution in [-0.4, -0.2) is 27.0 Å². The molecule has 0 saturated carbocycles. The van der Waals surface area contributed by atoms with Gasteiger partial charge in [0, 0.05) is 0 Å². The third kappa shape index (κ3) is 2.27. The van der Waals surface area contributed by atoms with E-state index in [-0.39, 0.29) is 0 Å². The molecule has 3 rings (SSSR count). The maximum atomic E-state index is 5.76. The Hall–Kier alpha value is -2.28. The fraction of sp³-hybridized carbons (Fsp3) is 0.154. The second kappa shape index (κ2) is 5.01. The Morgan fingerprint density at radius 2 is 2.15 bits per heavy atom. The zero-order chi connectivity index (χ0) is 14.1. The predicted octanol–water partition coefficient (Wildman–Crippen LogP) is 2.40. The molecule has 3 aromatic rings. The molecule has 20 heavy (non-hydrogen) atoms. The first-order valence-electron chi connectivity index (χ1n) is 5.96. The minimum Gasteiger partial charge on any atom is -0.490 e. The molecule has 0 aliphatic heterocycles. The van der Waals surface area contributed by atoms with Crippen LogP contribution in [0.15, 0.2) is 34.7 Å². The number of nitrogens with zero attached hydrogens (tertiary/aromatic N) is 3. The van der Waals surface area contributed by atoms with Gasteiger partial charge < -0.3 is 15.5 Å². The molecule has 2 aromatic heterocycles. The Morgan fingerprint density at radius 1 is 1.30 bits per heavy atom. The van der Waals surface area contributed by atoms with E-state index in [1.165, 1.54) is 23.7 Å². The molecule has 102 valence electrons. The van der Waals surface area contributed by atoms with Crippen molar-refractivity contribution in [2.75, 3.05) is 12.8 Å². The van der Waals surface area contributed by atoms with E-state index in [1.807, 2.05) is 19.1 Å². The number of aryl methyl sites for hydroxylation is 1. The quantitative estimate of drug-likeness (QED) is 0.719. The molecule has 6 nitrogen and oxygen atoms in total. The van der Waals surface area contributed by atoms with Crippen LogP contribution in [0.5, 0.6) is 5.75 Å². The molecule has 0 amide bonds. The second-order valence-electron chi connectivity index (χ2n) is 4.26. The fourth-order valence-corrected chi connectivity index (χ4v) is 2.74. The summed E-state index contributed by atoms with van der Waals surface area (Å²) in [7, 11) is 1.54. The zero-order valence-corrected chi connectivity index (χ0v) is 11.9. The van der Waals surface area contributed by atoms with Crippen LogP contribution in [0.1, 0.15) is 5.56 Å². The molecule has 0 aliphatic carbocycles. The number of anilines is 1. The molecule has 0 bridgehead atoms. The van der Waals surface area contributed by atoms with E-state index in [9.17, 15) is 0 Å². The van der Waals surface area contributed by atoms with Crippen molar-refractivity contribution >= 4 is 28.6 Å². The van der Waals surface area contributed by atoms with E-state index in [0.29, 0.717) is 16.6 Å². The van der Waals surface area contributed by atoms with Gasteiger partial charge in [-0.2, -0.15) is 0 Å². The number of benzene rings is 1. The number of rotatable bonds is 3. The maximum Gasteiger partial charge on any atom is 0.193 e. The summed E-state index contributed by atoms with van der Waals surface area (Å²) < 4.78 is 5.23. The highest BCUT2D eigenvalue weighted by Gasteiger charge is 2.13. The van der Waals surface area contributed by atoms with Gasteiger partial charge in [0.25, 0.3) is 0 Å². The molecule has 3 N–H and O–H groups in total. The van der Waals surface area contributed by atoms with Gasteiger partial charge in [0.15, 0.2) is 21.7 Å². The molecule has 7 heteroatoms. The van der Waals surface area contributed by atoms with Crippen LogP contribution in [-0.2, 0) is 0 Å². The summed E-state index contributed by atoms with van der Waals surface area (Å²) in [6.07, 6.45) is 1.41. The number of H-pyrrole nitrogens is 1. The fourth-order valence-electron chi connectivity index (χ4n) is 1.87. The number of nitrogens with two attached hydrogens (primary N) is 1. The van der Waals surface area contributed by atoms with Crippen LogP contribution in [0.3, 0.4) is 0 Å². The molecule has 1 aromatic carbocycles. The van der Waals surface area contributed by atoms with Crippen molar-refractivity contribution in [3.63, 3.8) is 0 Å². The lowest BCUT2D eigenvalue weighted by molar-refractivity contribution is 0.401. The number of hydrogen-bond acceptors (Lipinski definition) is 6. The molecular formula is C13H13N5OS. The second-order valence-corrected chi connectivity index (χ2v) is 5.24. The van der Waals surface area contributed by atoms with E-state index < -0.39 is 0 Å². The number of aromatic nitrogens is 4. The van der Waals surface area contributed by atoms with E-state index in [4.69, 9.17) is 10.5 Å². The number of ether oxygens (including phenoxy) is 1. The van der Waals surface area contributed by atoms with Crippen LogP contribution in [0.25, 0.3) is 11.0 Å². The van der Waals surface area contributed by atoms with Gasteiger partial charge in [0.2, 0.25) is 0 Å². The van der Waals surface area contributed by atoms with Crippen molar-refractivity contribution < 1.29 is 4.74 Å². The first kappa shape index (κ1) is 12.7. The Bertz CT molecular complexity index is 771. The van der Waals surface area contributed by atoms with Gasteiger partial charge >= 0.3 is 0 Å². The highest BCUT2D eigenvalue weighted by atomic mass is 32.2. The van der Waals surface area contributed by atoms with Crippen molar-refractivity contribution in [1.29, 1.82) is 0 Å². The molecule has 0 aliphatic rings. The predicted molar refractivity (Wildman–Crippen MR) is 78.0 cm³/mol. The SMILES string of the molecule is COc1c(N)ncnc1Sc1nc2ccc(C)cc2[nH]1. The van der Waals surface area contributed by atoms with E-state index in [2.05, 4.69) is 26.0 Å². The average Bonchev–Trinajstić information content (AvgIpc) is 2.80. The zero-order valence-electron chi connectivity index (χ0n) is 11.0. The highest BCUT2D eigenvalue weighted by molar-refractivity contribution is 7.99. The minimum absolute atomic E-state index is 0.317. The highest BCUT2D eigenvalue weighted by Crippen LogP contribution is 2.34. The summed E-state index contributed by atoms with van der Waals surface area (Å²) in [6, 6.07) is 6.07. The Kier molecular flexibility index (Phi) is 3.19. The summed E-state index contributed by atoms with van der Waals surface area (Å²) >= 11 is 1.36. The minimum atomic E-state index is 0.317.